The van der Waals surface area contributed by atoms with E-state index in [1.807, 2.05) is 0 Å². The van der Waals surface area contributed by atoms with Crippen LogP contribution in [0, 0.1) is 0 Å². The maximum Gasteiger partial charge on any atom is 0.337 e. The first-order valence-electron chi connectivity index (χ1n) is 7.94. The first kappa shape index (κ1) is 19.0. The van der Waals surface area contributed by atoms with Gasteiger partial charge in [0, 0.05) is 24.3 Å². The molecule has 1 amide bonds. The Bertz CT molecular complexity index is 804. The van der Waals surface area contributed by atoms with Crippen LogP contribution in [0.25, 0.3) is 0 Å². The van der Waals surface area contributed by atoms with E-state index in [0.29, 0.717) is 29.0 Å². The van der Waals surface area contributed by atoms with Crippen molar-refractivity contribution in [2.45, 2.75) is 6.42 Å². The molecule has 0 aromatic heterocycles. The zero-order valence-corrected chi connectivity index (χ0v) is 14.6. The van der Waals surface area contributed by atoms with E-state index in [9.17, 15) is 14.4 Å². The van der Waals surface area contributed by atoms with E-state index in [4.69, 9.17) is 0 Å². The minimum atomic E-state index is -0.465. The van der Waals surface area contributed by atoms with Crippen molar-refractivity contribution in [2.24, 2.45) is 0 Å². The predicted molar refractivity (Wildman–Crippen MR) is 97.3 cm³/mol. The molecule has 0 saturated carbocycles. The van der Waals surface area contributed by atoms with E-state index in [-0.39, 0.29) is 12.3 Å². The minimum absolute atomic E-state index is 0.205. The van der Waals surface area contributed by atoms with Crippen molar-refractivity contribution in [1.82, 2.24) is 0 Å². The Labute approximate surface area is 151 Å². The number of benzene rings is 2. The van der Waals surface area contributed by atoms with E-state index in [0.717, 1.165) is 0 Å². The Hall–Kier alpha value is -3.35. The number of methoxy groups -OCH3 is 2. The molecule has 0 bridgehead atoms. The Morgan fingerprint density at radius 1 is 0.846 bits per heavy atom. The van der Waals surface area contributed by atoms with Gasteiger partial charge in [-0.2, -0.15) is 0 Å². The van der Waals surface area contributed by atoms with Gasteiger partial charge in [0.05, 0.1) is 25.3 Å². The van der Waals surface area contributed by atoms with Crippen molar-refractivity contribution in [3.8, 4) is 0 Å². The van der Waals surface area contributed by atoms with Gasteiger partial charge in [-0.1, -0.05) is 12.1 Å². The normalized spacial score (nSPS) is 9.92. The van der Waals surface area contributed by atoms with Crippen molar-refractivity contribution in [2.75, 3.05) is 31.4 Å². The lowest BCUT2D eigenvalue weighted by molar-refractivity contribution is -0.115. The van der Waals surface area contributed by atoms with Gasteiger partial charge < -0.3 is 20.1 Å². The number of hydrogen-bond acceptors (Lipinski definition) is 6. The van der Waals surface area contributed by atoms with E-state index in [1.54, 1.807) is 48.5 Å². The van der Waals surface area contributed by atoms with Crippen LogP contribution < -0.4 is 10.6 Å². The zero-order chi connectivity index (χ0) is 18.9. The Kier molecular flexibility index (Phi) is 6.73. The number of anilines is 2. The van der Waals surface area contributed by atoms with E-state index in [2.05, 4.69) is 20.1 Å². The first-order chi connectivity index (χ1) is 12.5. The molecule has 0 saturated heterocycles. The highest BCUT2D eigenvalue weighted by Crippen LogP contribution is 2.13. The Morgan fingerprint density at radius 3 is 1.96 bits per heavy atom. The molecule has 0 aliphatic rings. The van der Waals surface area contributed by atoms with E-state index in [1.165, 1.54) is 14.2 Å². The molecule has 7 heteroatoms. The summed E-state index contributed by atoms with van der Waals surface area (Å²) in [6.45, 7) is 0.382. The van der Waals surface area contributed by atoms with Gasteiger partial charge in [-0.25, -0.2) is 9.59 Å². The van der Waals surface area contributed by atoms with Gasteiger partial charge >= 0.3 is 11.9 Å². The standard InChI is InChI=1S/C19H20N2O5/c1-25-18(23)13-5-3-7-15(11-13)20-10-9-17(22)21-16-8-4-6-14(12-16)19(24)26-2/h3-8,11-12,20H,9-10H2,1-2H3,(H,21,22). The van der Waals surface area contributed by atoms with E-state index < -0.39 is 11.9 Å². The van der Waals surface area contributed by atoms with Gasteiger partial charge in [0.2, 0.25) is 5.91 Å². The smallest absolute Gasteiger partial charge is 0.337 e. The number of carbonyl (C=O) groups is 3. The summed E-state index contributed by atoms with van der Waals surface area (Å²) in [6.07, 6.45) is 0.213. The lowest BCUT2D eigenvalue weighted by Gasteiger charge is -2.09. The van der Waals surface area contributed by atoms with Gasteiger partial charge in [-0.3, -0.25) is 4.79 Å². The average molecular weight is 356 g/mol. The van der Waals surface area contributed by atoms with Gasteiger partial charge in [0.1, 0.15) is 0 Å². The minimum Gasteiger partial charge on any atom is -0.465 e. The highest BCUT2D eigenvalue weighted by Gasteiger charge is 2.08. The van der Waals surface area contributed by atoms with Crippen LogP contribution in [-0.4, -0.2) is 38.6 Å². The second-order valence-electron chi connectivity index (χ2n) is 5.37. The van der Waals surface area contributed by atoms with Crippen molar-refractivity contribution in [3.63, 3.8) is 0 Å². The lowest BCUT2D eigenvalue weighted by Crippen LogP contribution is -2.16. The topological polar surface area (TPSA) is 93.7 Å². The lowest BCUT2D eigenvalue weighted by atomic mass is 10.2. The van der Waals surface area contributed by atoms with Crippen LogP contribution in [0.1, 0.15) is 27.1 Å². The van der Waals surface area contributed by atoms with Gasteiger partial charge in [0.15, 0.2) is 0 Å². The van der Waals surface area contributed by atoms with Crippen LogP contribution in [-0.2, 0) is 14.3 Å². The predicted octanol–water partition coefficient (Wildman–Crippen LogP) is 2.70. The third-order valence-corrected chi connectivity index (χ3v) is 3.53. The number of ether oxygens (including phenoxy) is 2. The summed E-state index contributed by atoms with van der Waals surface area (Å²) in [4.78, 5) is 35.0. The largest absolute Gasteiger partial charge is 0.465 e. The van der Waals surface area contributed by atoms with Crippen molar-refractivity contribution in [3.05, 3.63) is 59.7 Å². The summed E-state index contributed by atoms with van der Waals surface area (Å²) in [5, 5.41) is 5.80. The van der Waals surface area contributed by atoms with E-state index >= 15 is 0 Å². The molecule has 2 aromatic rings. The van der Waals surface area contributed by atoms with Crippen LogP contribution in [0.4, 0.5) is 11.4 Å². The monoisotopic (exact) mass is 356 g/mol. The fourth-order valence-electron chi connectivity index (χ4n) is 2.26. The maximum absolute atomic E-state index is 12.0. The number of hydrogen-bond donors (Lipinski definition) is 2. The maximum atomic E-state index is 12.0. The van der Waals surface area contributed by atoms with Crippen molar-refractivity contribution < 1.29 is 23.9 Å². The Balaban J connectivity index is 1.86. The molecule has 7 nitrogen and oxygen atoms in total. The third kappa shape index (κ3) is 5.34. The zero-order valence-electron chi connectivity index (χ0n) is 14.6. The van der Waals surface area contributed by atoms with Crippen LogP contribution in [0.5, 0.6) is 0 Å². The number of esters is 2. The molecule has 0 aliphatic carbocycles. The summed E-state index contributed by atoms with van der Waals surface area (Å²) < 4.78 is 9.32. The van der Waals surface area contributed by atoms with Crippen LogP contribution >= 0.6 is 0 Å². The quantitative estimate of drug-likeness (QED) is 0.741. The molecule has 0 heterocycles. The number of carbonyl (C=O) groups excluding carboxylic acids is 3. The summed E-state index contributed by atoms with van der Waals surface area (Å²) >= 11 is 0. The van der Waals surface area contributed by atoms with Crippen molar-refractivity contribution >= 4 is 29.2 Å². The van der Waals surface area contributed by atoms with Gasteiger partial charge in [0.25, 0.3) is 0 Å². The third-order valence-electron chi connectivity index (χ3n) is 3.53. The van der Waals surface area contributed by atoms with Crippen LogP contribution in [0.2, 0.25) is 0 Å². The summed E-state index contributed by atoms with van der Waals surface area (Å²) in [7, 11) is 2.62. The molecular weight excluding hydrogens is 336 g/mol. The molecule has 26 heavy (non-hydrogen) atoms. The molecule has 136 valence electrons. The number of nitrogens with one attached hydrogen (secondary N) is 2. The molecule has 0 unspecified atom stereocenters. The fraction of sp³-hybridized carbons (Fsp3) is 0.211. The van der Waals surface area contributed by atoms with Crippen LogP contribution in [0.15, 0.2) is 48.5 Å². The molecular formula is C19H20N2O5. The highest BCUT2D eigenvalue weighted by molar-refractivity contribution is 5.94. The molecule has 2 N–H and O–H groups in total. The molecule has 0 atom stereocenters. The molecule has 2 rings (SSSR count). The highest BCUT2D eigenvalue weighted by atomic mass is 16.5. The first-order valence-corrected chi connectivity index (χ1v) is 7.94. The molecule has 0 fully saturated rings. The summed E-state index contributed by atoms with van der Waals surface area (Å²) in [5.41, 5.74) is 2.03. The average Bonchev–Trinajstić information content (AvgIpc) is 2.67. The second-order valence-corrected chi connectivity index (χ2v) is 5.37. The van der Waals surface area contributed by atoms with Gasteiger partial charge in [-0.05, 0) is 36.4 Å². The summed E-state index contributed by atoms with van der Waals surface area (Å²) in [5.74, 6) is -1.09. The molecule has 0 radical (unpaired) electrons. The molecule has 0 spiro atoms. The fourth-order valence-corrected chi connectivity index (χ4v) is 2.26. The summed E-state index contributed by atoms with van der Waals surface area (Å²) in [6, 6.07) is 13.4. The Morgan fingerprint density at radius 2 is 1.38 bits per heavy atom. The second kappa shape index (κ2) is 9.22. The molecule has 0 aliphatic heterocycles. The number of amides is 1. The van der Waals surface area contributed by atoms with Crippen molar-refractivity contribution in [1.29, 1.82) is 0 Å². The number of rotatable bonds is 7. The van der Waals surface area contributed by atoms with Gasteiger partial charge in [-0.15, -0.1) is 0 Å². The van der Waals surface area contributed by atoms with Crippen LogP contribution in [0.3, 0.4) is 0 Å². The molecule has 2 aromatic carbocycles. The SMILES string of the molecule is COC(=O)c1cccc(NCCC(=O)Nc2cccc(C(=O)OC)c2)c1.